The van der Waals surface area contributed by atoms with Gasteiger partial charge in [-0.3, -0.25) is 14.6 Å². The molecule has 2 N–H and O–H groups in total. The molecule has 3 aromatic heterocycles. The van der Waals surface area contributed by atoms with E-state index in [9.17, 15) is 8.78 Å². The number of imidazole rings is 1. The number of anilines is 2. The standard InChI is InChI=1S/C41H48F3N9/c1-26-18-30-19-37(47-26)34-24-46-51(5)38(34)10-8-6-7-9-15-53-40-20-29(11-12-36(40)49-41(53)48-27(30)2)28(3)50(4)39-13-16-52(25-35(39)44)17-14-45-33-22-31(42)21-32(43)23-33/h11-12,18-24,35,39,45H,2-3,6-10,13-17,25H2,1,4-5H3,(H,48,49). The number of fused-ring (bicyclic) bond motifs is 7. The van der Waals surface area contributed by atoms with E-state index in [-0.39, 0.29) is 12.6 Å². The van der Waals surface area contributed by atoms with E-state index in [0.29, 0.717) is 31.7 Å². The van der Waals surface area contributed by atoms with Crippen molar-refractivity contribution in [1.82, 2.24) is 34.1 Å². The topological polar surface area (TPSA) is 79.1 Å². The minimum absolute atomic E-state index is 0.272. The molecule has 2 unspecified atom stereocenters. The van der Waals surface area contributed by atoms with Crippen molar-refractivity contribution in [3.05, 3.63) is 102 Å². The van der Waals surface area contributed by atoms with Crippen LogP contribution in [0, 0.1) is 18.6 Å². The van der Waals surface area contributed by atoms with Crippen LogP contribution < -0.4 is 10.6 Å². The third-order valence-electron chi connectivity index (χ3n) is 10.7. The van der Waals surface area contributed by atoms with E-state index in [4.69, 9.17) is 9.97 Å². The number of halogens is 3. The first-order valence-electron chi connectivity index (χ1n) is 18.5. The zero-order valence-electron chi connectivity index (χ0n) is 30.8. The van der Waals surface area contributed by atoms with E-state index in [1.165, 1.54) is 17.8 Å². The van der Waals surface area contributed by atoms with E-state index in [2.05, 4.69) is 45.6 Å². The van der Waals surface area contributed by atoms with Gasteiger partial charge in [0.05, 0.1) is 29.0 Å². The quantitative estimate of drug-likeness (QED) is 0.176. The van der Waals surface area contributed by atoms with E-state index in [1.807, 2.05) is 59.9 Å². The average molecular weight is 724 g/mol. The maximum atomic E-state index is 15.7. The lowest BCUT2D eigenvalue weighted by molar-refractivity contribution is 0.0727. The fraction of sp³-hybridized carbons (Fsp3) is 0.390. The lowest BCUT2D eigenvalue weighted by atomic mass is 9.99. The number of alkyl halides is 1. The zero-order chi connectivity index (χ0) is 37.2. The molecule has 2 bridgehead atoms. The van der Waals surface area contributed by atoms with Gasteiger partial charge < -0.3 is 20.1 Å². The molecule has 12 heteroatoms. The predicted molar refractivity (Wildman–Crippen MR) is 207 cm³/mol. The van der Waals surface area contributed by atoms with Gasteiger partial charge >= 0.3 is 0 Å². The van der Waals surface area contributed by atoms with Crippen molar-refractivity contribution >= 4 is 34.1 Å². The lowest BCUT2D eigenvalue weighted by Gasteiger charge is -2.40. The van der Waals surface area contributed by atoms with Gasteiger partial charge in [0.2, 0.25) is 5.95 Å². The van der Waals surface area contributed by atoms with Crippen molar-refractivity contribution in [1.29, 1.82) is 0 Å². The molecule has 0 amide bonds. The van der Waals surface area contributed by atoms with Gasteiger partial charge in [-0.15, -0.1) is 0 Å². The van der Waals surface area contributed by atoms with Gasteiger partial charge in [-0.2, -0.15) is 5.10 Å². The maximum Gasteiger partial charge on any atom is 0.208 e. The monoisotopic (exact) mass is 723 g/mol. The predicted octanol–water partition coefficient (Wildman–Crippen LogP) is 8.04. The Bertz CT molecular complexity index is 2120. The van der Waals surface area contributed by atoms with Crippen LogP contribution in [0.4, 0.5) is 24.8 Å². The lowest BCUT2D eigenvalue weighted by Crippen LogP contribution is -2.51. The minimum Gasteiger partial charge on any atom is -0.384 e. The Labute approximate surface area is 309 Å². The van der Waals surface area contributed by atoms with Gasteiger partial charge in [0.15, 0.2) is 0 Å². The van der Waals surface area contributed by atoms with Crippen LogP contribution in [0.25, 0.3) is 33.7 Å². The van der Waals surface area contributed by atoms with Crippen molar-refractivity contribution in [3.63, 3.8) is 0 Å². The molecule has 5 aromatic rings. The van der Waals surface area contributed by atoms with Crippen molar-refractivity contribution in [2.75, 3.05) is 43.9 Å². The summed E-state index contributed by atoms with van der Waals surface area (Å²) in [6.45, 7) is 13.6. The third kappa shape index (κ3) is 7.97. The number of benzene rings is 2. The first-order chi connectivity index (χ1) is 25.5. The molecule has 0 saturated carbocycles. The van der Waals surface area contributed by atoms with Gasteiger partial charge in [-0.05, 0) is 74.6 Å². The number of hydrogen-bond donors (Lipinski definition) is 2. The summed E-state index contributed by atoms with van der Waals surface area (Å²) in [5, 5.41) is 11.1. The summed E-state index contributed by atoms with van der Waals surface area (Å²) >= 11 is 0. The van der Waals surface area contributed by atoms with Crippen LogP contribution in [0.15, 0.2) is 67.9 Å². The Balaban J connectivity index is 1.06. The first-order valence-corrected chi connectivity index (χ1v) is 18.5. The van der Waals surface area contributed by atoms with Gasteiger partial charge in [0.1, 0.15) is 17.8 Å². The largest absolute Gasteiger partial charge is 0.384 e. The molecule has 5 heterocycles. The zero-order valence-corrected chi connectivity index (χ0v) is 30.8. The van der Waals surface area contributed by atoms with Crippen LogP contribution in [0.3, 0.4) is 0 Å². The number of likely N-dealkylation sites (tertiary alicyclic amines) is 1. The molecular formula is C41H48F3N9. The van der Waals surface area contributed by atoms with Crippen molar-refractivity contribution < 1.29 is 13.2 Å². The van der Waals surface area contributed by atoms with Crippen LogP contribution in [-0.2, 0) is 20.0 Å². The molecule has 9 nitrogen and oxygen atoms in total. The van der Waals surface area contributed by atoms with Gasteiger partial charge in [0, 0.05) is 92.5 Å². The van der Waals surface area contributed by atoms with Crippen molar-refractivity contribution in [2.45, 2.75) is 64.2 Å². The molecular weight excluding hydrogens is 676 g/mol. The smallest absolute Gasteiger partial charge is 0.208 e. The Kier molecular flexibility index (Phi) is 10.6. The van der Waals surface area contributed by atoms with E-state index in [1.54, 1.807) is 0 Å². The second kappa shape index (κ2) is 15.5. The van der Waals surface area contributed by atoms with E-state index in [0.717, 1.165) is 101 Å². The molecule has 2 aliphatic rings. The van der Waals surface area contributed by atoms with Crippen LogP contribution >= 0.6 is 0 Å². The number of pyridine rings is 1. The molecule has 0 radical (unpaired) electrons. The summed E-state index contributed by atoms with van der Waals surface area (Å²) in [6, 6.07) is 13.3. The highest BCUT2D eigenvalue weighted by atomic mass is 19.1. The average Bonchev–Trinajstić information content (AvgIpc) is 3.66. The molecule has 7 rings (SSSR count). The summed E-state index contributed by atoms with van der Waals surface area (Å²) in [5.74, 6) is -0.539. The van der Waals surface area contributed by atoms with Crippen LogP contribution in [0.1, 0.15) is 54.6 Å². The maximum absolute atomic E-state index is 15.7. The SMILES string of the molecule is C=C1Nc2nc3ccc(C(=C)N(C)C4CCN(CCNc5cc(F)cc(F)c5)CC4F)cc3n2CCCCCCc2c(cnn2C)-c2cc1cc(C)n2. The minimum atomic E-state index is -1.09. The highest BCUT2D eigenvalue weighted by molar-refractivity contribution is 5.85. The van der Waals surface area contributed by atoms with Gasteiger partial charge in [0.25, 0.3) is 0 Å². The molecule has 53 heavy (non-hydrogen) atoms. The molecule has 1 fully saturated rings. The fourth-order valence-corrected chi connectivity index (χ4v) is 7.71. The van der Waals surface area contributed by atoms with Crippen LogP contribution in [0.5, 0.6) is 0 Å². The number of nitrogens with zero attached hydrogens (tertiary/aromatic N) is 7. The highest BCUT2D eigenvalue weighted by Gasteiger charge is 2.33. The number of piperidine rings is 1. The third-order valence-corrected chi connectivity index (χ3v) is 10.7. The number of hydrogen-bond acceptors (Lipinski definition) is 7. The second-order valence-corrected chi connectivity index (χ2v) is 14.4. The number of rotatable bonds is 7. The molecule has 2 aliphatic heterocycles. The molecule has 0 spiro atoms. The summed E-state index contributed by atoms with van der Waals surface area (Å²) in [5.41, 5.74) is 9.60. The van der Waals surface area contributed by atoms with E-state index < -0.39 is 17.8 Å². The Morgan fingerprint density at radius 3 is 2.60 bits per heavy atom. The van der Waals surface area contributed by atoms with Crippen molar-refractivity contribution in [3.8, 4) is 11.3 Å². The van der Waals surface area contributed by atoms with Crippen molar-refractivity contribution in [2.24, 2.45) is 7.05 Å². The summed E-state index contributed by atoms with van der Waals surface area (Å²) in [6.07, 6.45) is 6.60. The molecule has 0 aliphatic carbocycles. The number of aryl methyl sites for hydroxylation is 3. The van der Waals surface area contributed by atoms with Gasteiger partial charge in [-0.25, -0.2) is 18.2 Å². The summed E-state index contributed by atoms with van der Waals surface area (Å²) < 4.78 is 47.0. The highest BCUT2D eigenvalue weighted by Crippen LogP contribution is 2.32. The summed E-state index contributed by atoms with van der Waals surface area (Å²) in [4.78, 5) is 13.9. The van der Waals surface area contributed by atoms with Gasteiger partial charge in [-0.1, -0.05) is 32.1 Å². The van der Waals surface area contributed by atoms with Crippen LogP contribution in [0.2, 0.25) is 0 Å². The molecule has 2 atom stereocenters. The Morgan fingerprint density at radius 2 is 1.81 bits per heavy atom. The fourth-order valence-electron chi connectivity index (χ4n) is 7.71. The Hall–Kier alpha value is -5.10. The summed E-state index contributed by atoms with van der Waals surface area (Å²) in [7, 11) is 3.91. The first kappa shape index (κ1) is 36.3. The number of aromatic nitrogens is 5. The molecule has 278 valence electrons. The van der Waals surface area contributed by atoms with E-state index >= 15 is 4.39 Å². The Morgan fingerprint density at radius 1 is 1.02 bits per heavy atom. The molecule has 1 saturated heterocycles. The van der Waals surface area contributed by atoms with Crippen LogP contribution in [-0.4, -0.2) is 79.6 Å². The normalized spacial score (nSPS) is 18.4. The molecule has 2 aromatic carbocycles. The number of nitrogens with one attached hydrogen (secondary N) is 2. The second-order valence-electron chi connectivity index (χ2n) is 14.4.